The number of rotatable bonds is 7. The SMILES string of the molecule is CCOc1ccc(-c2noc(CN3N=N[C@H]4C(=O)N(c5ccc(F)cc5)C(=O)[C@H]43)n2)cc1OC. The molecule has 2 atom stereocenters. The van der Waals surface area contributed by atoms with Gasteiger partial charge in [0.25, 0.3) is 11.8 Å². The molecular weight excluding hydrogens is 447 g/mol. The Morgan fingerprint density at radius 2 is 1.88 bits per heavy atom. The molecule has 1 saturated heterocycles. The summed E-state index contributed by atoms with van der Waals surface area (Å²) in [6.07, 6.45) is 0. The Hall–Kier alpha value is -4.35. The predicted octanol–water partition coefficient (Wildman–Crippen LogP) is 2.78. The lowest BCUT2D eigenvalue weighted by Crippen LogP contribution is -2.39. The van der Waals surface area contributed by atoms with Gasteiger partial charge in [0.1, 0.15) is 12.4 Å². The van der Waals surface area contributed by atoms with Gasteiger partial charge in [-0.2, -0.15) is 10.1 Å². The number of carbonyl (C=O) groups is 2. The average Bonchev–Trinajstić information content (AvgIpc) is 3.53. The van der Waals surface area contributed by atoms with Crippen molar-refractivity contribution in [2.75, 3.05) is 18.6 Å². The monoisotopic (exact) mass is 466 g/mol. The molecule has 2 aliphatic heterocycles. The lowest BCUT2D eigenvalue weighted by molar-refractivity contribution is -0.123. The minimum Gasteiger partial charge on any atom is -0.493 e. The molecule has 0 aliphatic carbocycles. The summed E-state index contributed by atoms with van der Waals surface area (Å²) in [6, 6.07) is 8.40. The van der Waals surface area contributed by atoms with Crippen LogP contribution in [-0.2, 0) is 16.1 Å². The minimum atomic E-state index is -0.990. The predicted molar refractivity (Wildman–Crippen MR) is 114 cm³/mol. The Balaban J connectivity index is 1.34. The Kier molecular flexibility index (Phi) is 5.40. The second-order valence-corrected chi connectivity index (χ2v) is 7.49. The number of fused-ring (bicyclic) bond motifs is 1. The molecular formula is C22H19FN6O5. The molecule has 11 nitrogen and oxygen atoms in total. The number of methoxy groups -OCH3 is 1. The summed E-state index contributed by atoms with van der Waals surface area (Å²) >= 11 is 0. The van der Waals surface area contributed by atoms with E-state index in [4.69, 9.17) is 14.0 Å². The molecule has 5 rings (SSSR count). The quantitative estimate of drug-likeness (QED) is 0.487. The highest BCUT2D eigenvalue weighted by Crippen LogP contribution is 2.34. The molecule has 0 spiro atoms. The largest absolute Gasteiger partial charge is 0.493 e. The minimum absolute atomic E-state index is 0.0257. The van der Waals surface area contributed by atoms with Crippen LogP contribution in [0.5, 0.6) is 11.5 Å². The van der Waals surface area contributed by atoms with Gasteiger partial charge in [0.2, 0.25) is 11.7 Å². The number of imide groups is 1. The van der Waals surface area contributed by atoms with Gasteiger partial charge in [-0.3, -0.25) is 14.6 Å². The van der Waals surface area contributed by atoms with Gasteiger partial charge in [-0.1, -0.05) is 10.4 Å². The van der Waals surface area contributed by atoms with E-state index >= 15 is 0 Å². The number of nitrogens with zero attached hydrogens (tertiary/aromatic N) is 6. The molecule has 12 heteroatoms. The van der Waals surface area contributed by atoms with Gasteiger partial charge in [-0.15, -0.1) is 0 Å². The summed E-state index contributed by atoms with van der Waals surface area (Å²) in [5.41, 5.74) is 0.913. The number of halogens is 1. The molecule has 0 N–H and O–H groups in total. The zero-order valence-electron chi connectivity index (χ0n) is 18.2. The number of hydrogen-bond acceptors (Lipinski definition) is 10. The summed E-state index contributed by atoms with van der Waals surface area (Å²) in [4.78, 5) is 31.1. The number of ether oxygens (including phenoxy) is 2. The normalized spacial score (nSPS) is 19.1. The number of carbonyl (C=O) groups excluding carboxylic acids is 2. The molecule has 2 aromatic carbocycles. The summed E-state index contributed by atoms with van der Waals surface area (Å²) in [6.45, 7) is 2.34. The lowest BCUT2D eigenvalue weighted by atomic mass is 10.1. The van der Waals surface area contributed by atoms with Gasteiger partial charge >= 0.3 is 0 Å². The number of hydrogen-bond donors (Lipinski definition) is 0. The molecule has 0 radical (unpaired) electrons. The highest BCUT2D eigenvalue weighted by Gasteiger charge is 2.55. The van der Waals surface area contributed by atoms with Crippen LogP contribution >= 0.6 is 0 Å². The van der Waals surface area contributed by atoms with E-state index in [1.54, 1.807) is 18.2 Å². The Bertz CT molecular complexity index is 1280. The van der Waals surface area contributed by atoms with Crippen molar-refractivity contribution in [1.82, 2.24) is 15.1 Å². The first-order valence-electron chi connectivity index (χ1n) is 10.4. The highest BCUT2D eigenvalue weighted by molar-refractivity contribution is 6.25. The van der Waals surface area contributed by atoms with Gasteiger partial charge in [-0.05, 0) is 49.4 Å². The number of benzene rings is 2. The Morgan fingerprint density at radius 1 is 1.09 bits per heavy atom. The van der Waals surface area contributed by atoms with E-state index in [0.717, 1.165) is 4.90 Å². The third kappa shape index (κ3) is 3.62. The summed E-state index contributed by atoms with van der Waals surface area (Å²) in [5.74, 6) is 0.104. The van der Waals surface area contributed by atoms with Crippen molar-refractivity contribution in [3.8, 4) is 22.9 Å². The Morgan fingerprint density at radius 3 is 2.62 bits per heavy atom. The van der Waals surface area contributed by atoms with Crippen molar-refractivity contribution < 1.29 is 28.0 Å². The molecule has 3 heterocycles. The molecule has 2 amide bonds. The number of aromatic nitrogens is 2. The highest BCUT2D eigenvalue weighted by atomic mass is 19.1. The van der Waals surface area contributed by atoms with E-state index in [1.807, 2.05) is 6.92 Å². The van der Waals surface area contributed by atoms with Crippen LogP contribution in [0.25, 0.3) is 11.4 Å². The molecule has 1 fully saturated rings. The van der Waals surface area contributed by atoms with Crippen LogP contribution in [0, 0.1) is 5.82 Å². The first-order chi connectivity index (χ1) is 16.5. The van der Waals surface area contributed by atoms with E-state index in [1.165, 1.54) is 36.4 Å². The molecule has 0 saturated carbocycles. The van der Waals surface area contributed by atoms with Crippen molar-refractivity contribution in [1.29, 1.82) is 0 Å². The summed E-state index contributed by atoms with van der Waals surface area (Å²) in [7, 11) is 1.53. The fourth-order valence-corrected chi connectivity index (χ4v) is 3.85. The number of anilines is 1. The molecule has 174 valence electrons. The van der Waals surface area contributed by atoms with Crippen LogP contribution in [0.1, 0.15) is 12.8 Å². The van der Waals surface area contributed by atoms with E-state index in [0.29, 0.717) is 29.5 Å². The second-order valence-electron chi connectivity index (χ2n) is 7.49. The van der Waals surface area contributed by atoms with Crippen LogP contribution in [0.4, 0.5) is 10.1 Å². The van der Waals surface area contributed by atoms with E-state index in [2.05, 4.69) is 20.5 Å². The van der Waals surface area contributed by atoms with Crippen molar-refractivity contribution in [3.05, 3.63) is 54.2 Å². The molecule has 34 heavy (non-hydrogen) atoms. The number of amides is 2. The van der Waals surface area contributed by atoms with Crippen LogP contribution in [0.2, 0.25) is 0 Å². The zero-order valence-corrected chi connectivity index (χ0v) is 18.2. The molecule has 3 aromatic rings. The van der Waals surface area contributed by atoms with E-state index in [9.17, 15) is 14.0 Å². The second kappa shape index (κ2) is 8.54. The fraction of sp³-hybridized carbons (Fsp3) is 0.273. The third-order valence-electron chi connectivity index (χ3n) is 5.43. The smallest absolute Gasteiger partial charge is 0.263 e. The van der Waals surface area contributed by atoms with E-state index in [-0.39, 0.29) is 18.1 Å². The van der Waals surface area contributed by atoms with Crippen LogP contribution < -0.4 is 14.4 Å². The molecule has 0 bridgehead atoms. The van der Waals surface area contributed by atoms with Gasteiger partial charge in [0.05, 0.1) is 19.4 Å². The summed E-state index contributed by atoms with van der Waals surface area (Å²) < 4.78 is 29.5. The van der Waals surface area contributed by atoms with Crippen LogP contribution in [0.15, 0.2) is 57.3 Å². The van der Waals surface area contributed by atoms with Gasteiger partial charge in [0, 0.05) is 5.56 Å². The Labute approximate surface area is 192 Å². The summed E-state index contributed by atoms with van der Waals surface area (Å²) in [5, 5.41) is 13.3. The lowest BCUT2D eigenvalue weighted by Gasteiger charge is -2.19. The van der Waals surface area contributed by atoms with Crippen molar-refractivity contribution in [2.45, 2.75) is 25.6 Å². The average molecular weight is 466 g/mol. The fourth-order valence-electron chi connectivity index (χ4n) is 3.85. The molecule has 0 unspecified atom stereocenters. The van der Waals surface area contributed by atoms with Crippen molar-refractivity contribution >= 4 is 17.5 Å². The van der Waals surface area contributed by atoms with Crippen LogP contribution in [-0.4, -0.2) is 52.8 Å². The topological polar surface area (TPSA) is 123 Å². The first kappa shape index (κ1) is 21.5. The first-order valence-corrected chi connectivity index (χ1v) is 10.4. The maximum absolute atomic E-state index is 13.3. The van der Waals surface area contributed by atoms with Crippen molar-refractivity contribution in [2.24, 2.45) is 10.3 Å². The van der Waals surface area contributed by atoms with E-state index < -0.39 is 29.7 Å². The van der Waals surface area contributed by atoms with Gasteiger partial charge in [0.15, 0.2) is 23.6 Å². The molecule has 1 aromatic heterocycles. The van der Waals surface area contributed by atoms with Crippen LogP contribution in [0.3, 0.4) is 0 Å². The van der Waals surface area contributed by atoms with Crippen molar-refractivity contribution in [3.63, 3.8) is 0 Å². The third-order valence-corrected chi connectivity index (χ3v) is 5.43. The zero-order chi connectivity index (χ0) is 23.8. The van der Waals surface area contributed by atoms with Gasteiger partial charge < -0.3 is 14.0 Å². The molecule has 2 aliphatic rings. The van der Waals surface area contributed by atoms with Gasteiger partial charge in [-0.25, -0.2) is 9.29 Å². The maximum Gasteiger partial charge on any atom is 0.263 e. The maximum atomic E-state index is 13.3. The standard InChI is InChI=1S/C22H19FN6O5/c1-3-33-15-9-4-12(10-16(15)32-2)20-24-17(34-26-20)11-28-19-18(25-27-28)21(30)29(22(19)31)14-7-5-13(23)6-8-14/h4-10,18-19H,3,11H2,1-2H3/t18-,19+/m1/s1.